The maximum Gasteiger partial charge on any atom is 0.421 e. The molecule has 0 amide bonds. The van der Waals surface area contributed by atoms with Crippen molar-refractivity contribution >= 4 is 41.5 Å². The van der Waals surface area contributed by atoms with Crippen molar-refractivity contribution < 1.29 is 37.0 Å². The zero-order valence-electron chi connectivity index (χ0n) is 26.2. The Hall–Kier alpha value is -3.64. The topological polar surface area (TPSA) is 131 Å². The summed E-state index contributed by atoms with van der Waals surface area (Å²) in [4.78, 5) is 8.08. The van der Waals surface area contributed by atoms with Crippen LogP contribution >= 0.6 is 7.60 Å². The van der Waals surface area contributed by atoms with Gasteiger partial charge in [-0.3, -0.25) is 4.57 Å². The first-order valence-corrected chi connectivity index (χ1v) is 16.9. The van der Waals surface area contributed by atoms with Gasteiger partial charge in [-0.15, -0.1) is 0 Å². The number of alkyl halides is 3. The Morgan fingerprint density at radius 3 is 2.33 bits per heavy atom. The molecule has 2 aromatic carbocycles. The van der Waals surface area contributed by atoms with Gasteiger partial charge >= 0.3 is 13.8 Å². The van der Waals surface area contributed by atoms with E-state index in [0.717, 1.165) is 23.8 Å². The zero-order valence-corrected chi connectivity index (χ0v) is 27.1. The van der Waals surface area contributed by atoms with E-state index in [1.54, 1.807) is 57.4 Å². The molecular weight excluding hydrogens is 622 g/mol. The lowest BCUT2D eigenvalue weighted by Gasteiger charge is -2.33. The van der Waals surface area contributed by atoms with Crippen LogP contribution in [0.3, 0.4) is 0 Å². The van der Waals surface area contributed by atoms with Crippen molar-refractivity contribution in [3.8, 4) is 5.88 Å². The standard InChI is InChI=1S/C32H39F3N5O5P/c1-5-44-46(43,45-6-2)19-20-7-9-22(10-8-20)37-30-36-17-25(32(33,34)35)28(39-30)38-26-12-11-23(21-13-15-31(3,42)16-14-21)24-18-40(4)29(41)27(24)26/h7-12,17-18,21,41-42H,5-6,13-16,19H2,1-4H3,(H2,36,37,38,39). The van der Waals surface area contributed by atoms with Crippen molar-refractivity contribution in [3.05, 3.63) is 65.5 Å². The second kappa shape index (κ2) is 13.2. The Balaban J connectivity index is 1.43. The van der Waals surface area contributed by atoms with Crippen LogP contribution in [-0.2, 0) is 33.0 Å². The van der Waals surface area contributed by atoms with Gasteiger partial charge in [0.2, 0.25) is 11.8 Å². The van der Waals surface area contributed by atoms with Crippen LogP contribution in [0.2, 0.25) is 0 Å². The number of nitrogens with zero attached hydrogens (tertiary/aromatic N) is 3. The molecule has 248 valence electrons. The van der Waals surface area contributed by atoms with Gasteiger partial charge in [-0.1, -0.05) is 18.2 Å². The van der Waals surface area contributed by atoms with Crippen molar-refractivity contribution in [1.29, 1.82) is 0 Å². The maximum atomic E-state index is 14.1. The Kier molecular flexibility index (Phi) is 9.70. The van der Waals surface area contributed by atoms with Crippen LogP contribution < -0.4 is 10.6 Å². The molecule has 0 spiro atoms. The molecule has 2 heterocycles. The number of aromatic hydroxyl groups is 1. The van der Waals surface area contributed by atoms with Gasteiger partial charge in [0.1, 0.15) is 11.4 Å². The molecule has 1 saturated carbocycles. The highest BCUT2D eigenvalue weighted by molar-refractivity contribution is 7.53. The minimum atomic E-state index is -4.76. The number of fused-ring (bicyclic) bond motifs is 1. The van der Waals surface area contributed by atoms with Gasteiger partial charge in [0, 0.05) is 30.5 Å². The fourth-order valence-corrected chi connectivity index (χ4v) is 7.60. The number of hydrogen-bond acceptors (Lipinski definition) is 9. The molecule has 4 aromatic rings. The largest absolute Gasteiger partial charge is 0.494 e. The van der Waals surface area contributed by atoms with E-state index in [0.29, 0.717) is 35.7 Å². The monoisotopic (exact) mass is 661 g/mol. The molecule has 1 fully saturated rings. The second-order valence-electron chi connectivity index (χ2n) is 11.8. The third-order valence-corrected chi connectivity index (χ3v) is 10.3. The molecule has 10 nitrogen and oxygen atoms in total. The molecular formula is C32H39F3N5O5P. The highest BCUT2D eigenvalue weighted by atomic mass is 31.2. The fraction of sp³-hybridized carbons (Fsp3) is 0.438. The van der Waals surface area contributed by atoms with E-state index in [1.807, 2.05) is 13.0 Å². The normalized spacial score (nSPS) is 19.0. The van der Waals surface area contributed by atoms with Crippen molar-refractivity contribution in [2.45, 2.75) is 70.3 Å². The Morgan fingerprint density at radius 1 is 1.07 bits per heavy atom. The Bertz CT molecular complexity index is 1720. The van der Waals surface area contributed by atoms with Crippen molar-refractivity contribution in [3.63, 3.8) is 0 Å². The summed E-state index contributed by atoms with van der Waals surface area (Å²) in [5.74, 6) is -0.531. The molecule has 0 atom stereocenters. The predicted molar refractivity (Wildman–Crippen MR) is 171 cm³/mol. The number of hydrogen-bond donors (Lipinski definition) is 4. The average molecular weight is 662 g/mol. The molecule has 5 rings (SSSR count). The summed E-state index contributed by atoms with van der Waals surface area (Å²) in [5.41, 5.74) is 0.624. The van der Waals surface area contributed by atoms with Crippen LogP contribution in [0.15, 0.2) is 48.8 Å². The molecule has 2 aromatic heterocycles. The first-order chi connectivity index (χ1) is 21.7. The summed E-state index contributed by atoms with van der Waals surface area (Å²) in [6, 6.07) is 10.3. The van der Waals surface area contributed by atoms with E-state index < -0.39 is 30.8 Å². The Labute approximate surface area is 265 Å². The van der Waals surface area contributed by atoms with Gasteiger partial charge in [0.15, 0.2) is 0 Å². The summed E-state index contributed by atoms with van der Waals surface area (Å²) in [6.45, 7) is 5.77. The van der Waals surface area contributed by atoms with Gasteiger partial charge in [-0.2, -0.15) is 18.2 Å². The highest BCUT2D eigenvalue weighted by Crippen LogP contribution is 2.51. The average Bonchev–Trinajstić information content (AvgIpc) is 3.28. The summed E-state index contributed by atoms with van der Waals surface area (Å²) in [6.07, 6.45) is 0.556. The molecule has 1 aliphatic carbocycles. The summed E-state index contributed by atoms with van der Waals surface area (Å²) in [5, 5.41) is 28.2. The maximum absolute atomic E-state index is 14.1. The van der Waals surface area contributed by atoms with Gasteiger partial charge in [-0.05, 0) is 81.7 Å². The van der Waals surface area contributed by atoms with E-state index >= 15 is 0 Å². The number of aromatic nitrogens is 3. The zero-order chi connectivity index (χ0) is 33.3. The highest BCUT2D eigenvalue weighted by Gasteiger charge is 2.36. The number of benzene rings is 2. The number of aryl methyl sites for hydroxylation is 1. The van der Waals surface area contributed by atoms with Gasteiger partial charge < -0.3 is 34.5 Å². The minimum absolute atomic E-state index is 0.0704. The van der Waals surface area contributed by atoms with Crippen LogP contribution in [0, 0.1) is 0 Å². The van der Waals surface area contributed by atoms with Crippen LogP contribution in [0.4, 0.5) is 36.3 Å². The smallest absolute Gasteiger partial charge is 0.421 e. The first-order valence-electron chi connectivity index (χ1n) is 15.2. The molecule has 0 saturated heterocycles. The van der Waals surface area contributed by atoms with E-state index in [9.17, 15) is 27.9 Å². The van der Waals surface area contributed by atoms with Gasteiger partial charge in [-0.25, -0.2) is 4.98 Å². The number of aliphatic hydroxyl groups is 1. The Morgan fingerprint density at radius 2 is 1.72 bits per heavy atom. The number of anilines is 4. The quantitative estimate of drug-likeness (QED) is 0.117. The van der Waals surface area contributed by atoms with Crippen LogP contribution in [0.25, 0.3) is 10.8 Å². The number of nitrogens with one attached hydrogen (secondary N) is 2. The van der Waals surface area contributed by atoms with E-state index in [2.05, 4.69) is 20.6 Å². The van der Waals surface area contributed by atoms with Crippen LogP contribution in [-0.4, -0.2) is 43.6 Å². The molecule has 14 heteroatoms. The third-order valence-electron chi connectivity index (χ3n) is 8.25. The minimum Gasteiger partial charge on any atom is -0.494 e. The predicted octanol–water partition coefficient (Wildman–Crippen LogP) is 8.35. The molecule has 4 N–H and O–H groups in total. The second-order valence-corrected chi connectivity index (χ2v) is 13.9. The summed E-state index contributed by atoms with van der Waals surface area (Å²) in [7, 11) is -1.64. The van der Waals surface area contributed by atoms with Crippen molar-refractivity contribution in [2.24, 2.45) is 7.05 Å². The molecule has 46 heavy (non-hydrogen) atoms. The van der Waals surface area contributed by atoms with E-state index in [1.165, 1.54) is 4.57 Å². The lowest BCUT2D eigenvalue weighted by Crippen LogP contribution is -2.29. The lowest BCUT2D eigenvalue weighted by atomic mass is 9.76. The number of rotatable bonds is 11. The van der Waals surface area contributed by atoms with Crippen molar-refractivity contribution in [1.82, 2.24) is 14.5 Å². The van der Waals surface area contributed by atoms with Crippen LogP contribution in [0.1, 0.15) is 69.1 Å². The first kappa shape index (κ1) is 33.7. The lowest BCUT2D eigenvalue weighted by molar-refractivity contribution is -0.137. The van der Waals surface area contributed by atoms with Gasteiger partial charge in [0.05, 0.1) is 36.1 Å². The summed E-state index contributed by atoms with van der Waals surface area (Å²) >= 11 is 0. The molecule has 0 radical (unpaired) electrons. The van der Waals surface area contributed by atoms with Crippen LogP contribution in [0.5, 0.6) is 5.88 Å². The molecule has 0 bridgehead atoms. The molecule has 1 aliphatic rings. The number of halogens is 3. The SMILES string of the molecule is CCOP(=O)(Cc1ccc(Nc2ncc(C(F)(F)F)c(Nc3ccc(C4CCC(C)(O)CC4)c4cn(C)c(O)c34)n2)cc1)OCC. The molecule has 0 unspecified atom stereocenters. The third kappa shape index (κ3) is 7.49. The van der Waals surface area contributed by atoms with Crippen molar-refractivity contribution in [2.75, 3.05) is 23.8 Å². The fourth-order valence-electron chi connectivity index (χ4n) is 5.90. The molecule has 0 aliphatic heterocycles. The van der Waals surface area contributed by atoms with E-state index in [4.69, 9.17) is 9.05 Å². The van der Waals surface area contributed by atoms with Gasteiger partial charge in [0.25, 0.3) is 0 Å². The van der Waals surface area contributed by atoms with E-state index in [-0.39, 0.29) is 42.8 Å². The summed E-state index contributed by atoms with van der Waals surface area (Å²) < 4.78 is 67.4.